The molecule has 2 heterocycles. The van der Waals surface area contributed by atoms with Gasteiger partial charge >= 0.3 is 0 Å². The monoisotopic (exact) mass is 507 g/mol. The van der Waals surface area contributed by atoms with E-state index in [2.05, 4.69) is 51.3 Å². The molecule has 182 valence electrons. The van der Waals surface area contributed by atoms with Crippen LogP contribution in [0, 0.1) is 0 Å². The van der Waals surface area contributed by atoms with E-state index in [9.17, 15) is 4.79 Å². The van der Waals surface area contributed by atoms with Crippen molar-refractivity contribution in [2.45, 2.75) is 11.7 Å². The van der Waals surface area contributed by atoms with E-state index in [4.69, 9.17) is 11.6 Å². The first-order chi connectivity index (χ1) is 17.1. The molecule has 1 aromatic heterocycles. The number of hydrogen-bond acceptors (Lipinski definition) is 6. The average molecular weight is 508 g/mol. The minimum absolute atomic E-state index is 0.109. The topological polar surface area (TPSA) is 52.6 Å². The van der Waals surface area contributed by atoms with E-state index in [1.165, 1.54) is 22.9 Å². The largest absolute Gasteiger partial charge is 0.355 e. The van der Waals surface area contributed by atoms with Crippen LogP contribution in [-0.4, -0.2) is 71.2 Å². The maximum atomic E-state index is 12.8. The highest BCUT2D eigenvalue weighted by molar-refractivity contribution is 7.99. The van der Waals surface area contributed by atoms with Gasteiger partial charge in [-0.05, 0) is 11.1 Å². The molecule has 6 nitrogen and oxygen atoms in total. The Balaban J connectivity index is 1.24. The number of carbonyl (C=O) groups excluding carboxylic acids is 1. The summed E-state index contributed by atoms with van der Waals surface area (Å²) in [5.41, 5.74) is 2.39. The molecule has 35 heavy (non-hydrogen) atoms. The SMILES string of the molecule is CN(Cc1ccccc1)c1cc(Cl)nc(SCC(=O)N2CCN(CC=Cc3ccccc3)CC2)n1. The van der Waals surface area contributed by atoms with Crippen LogP contribution in [0.25, 0.3) is 6.08 Å². The molecule has 0 unspecified atom stereocenters. The highest BCUT2D eigenvalue weighted by atomic mass is 35.5. The quantitative estimate of drug-likeness (QED) is 0.237. The lowest BCUT2D eigenvalue weighted by Gasteiger charge is -2.34. The summed E-state index contributed by atoms with van der Waals surface area (Å²) in [6.45, 7) is 4.82. The second-order valence-corrected chi connectivity index (χ2v) is 9.79. The maximum absolute atomic E-state index is 12.8. The number of nitrogens with zero attached hydrogens (tertiary/aromatic N) is 5. The third kappa shape index (κ3) is 7.82. The Morgan fingerprint density at radius 1 is 1.03 bits per heavy atom. The zero-order chi connectivity index (χ0) is 24.5. The van der Waals surface area contributed by atoms with Crippen LogP contribution in [0.15, 0.2) is 78.0 Å². The number of anilines is 1. The van der Waals surface area contributed by atoms with Crippen LogP contribution >= 0.6 is 23.4 Å². The Morgan fingerprint density at radius 3 is 2.43 bits per heavy atom. The average Bonchev–Trinajstić information content (AvgIpc) is 2.88. The molecular formula is C27H30ClN5OS. The van der Waals surface area contributed by atoms with Crippen LogP contribution in [0.5, 0.6) is 0 Å². The van der Waals surface area contributed by atoms with Crippen LogP contribution in [0.2, 0.25) is 5.15 Å². The van der Waals surface area contributed by atoms with Crippen molar-refractivity contribution in [1.82, 2.24) is 19.8 Å². The van der Waals surface area contributed by atoms with E-state index in [0.29, 0.717) is 22.6 Å². The van der Waals surface area contributed by atoms with Crippen LogP contribution < -0.4 is 4.90 Å². The summed E-state index contributed by atoms with van der Waals surface area (Å²) in [6.07, 6.45) is 4.33. The predicted molar refractivity (Wildman–Crippen MR) is 145 cm³/mol. The maximum Gasteiger partial charge on any atom is 0.233 e. The van der Waals surface area contributed by atoms with E-state index in [-0.39, 0.29) is 5.91 Å². The molecule has 0 N–H and O–H groups in total. The van der Waals surface area contributed by atoms with Gasteiger partial charge in [0.15, 0.2) is 5.16 Å². The van der Waals surface area contributed by atoms with Crippen LogP contribution in [0.4, 0.5) is 5.82 Å². The number of hydrogen-bond donors (Lipinski definition) is 0. The Bertz CT molecular complexity index is 1120. The summed E-state index contributed by atoms with van der Waals surface area (Å²) in [7, 11) is 1.97. The molecule has 0 saturated carbocycles. The molecule has 4 rings (SSSR count). The highest BCUT2D eigenvalue weighted by Gasteiger charge is 2.21. The van der Waals surface area contributed by atoms with Gasteiger partial charge in [0.1, 0.15) is 11.0 Å². The fraction of sp³-hybridized carbons (Fsp3) is 0.296. The van der Waals surface area contributed by atoms with E-state index < -0.39 is 0 Å². The Labute approximate surface area is 216 Å². The molecule has 0 aliphatic carbocycles. The first kappa shape index (κ1) is 25.2. The van der Waals surface area contributed by atoms with Crippen molar-refractivity contribution in [1.29, 1.82) is 0 Å². The fourth-order valence-electron chi connectivity index (χ4n) is 3.88. The predicted octanol–water partition coefficient (Wildman–Crippen LogP) is 4.72. The van der Waals surface area contributed by atoms with Crippen LogP contribution in [0.1, 0.15) is 11.1 Å². The van der Waals surface area contributed by atoms with Crippen LogP contribution in [0.3, 0.4) is 0 Å². The van der Waals surface area contributed by atoms with E-state index in [1.54, 1.807) is 6.07 Å². The summed E-state index contributed by atoms with van der Waals surface area (Å²) in [5, 5.41) is 0.896. The van der Waals surface area contributed by atoms with Gasteiger partial charge in [0.2, 0.25) is 5.91 Å². The number of aromatic nitrogens is 2. The van der Waals surface area contributed by atoms with Gasteiger partial charge in [0, 0.05) is 52.4 Å². The lowest BCUT2D eigenvalue weighted by Crippen LogP contribution is -2.49. The molecule has 0 spiro atoms. The Hall–Kier alpha value is -2.87. The molecule has 0 atom stereocenters. The molecule has 1 aliphatic rings. The van der Waals surface area contributed by atoms with Crippen LogP contribution in [-0.2, 0) is 11.3 Å². The van der Waals surface area contributed by atoms with E-state index >= 15 is 0 Å². The molecule has 1 saturated heterocycles. The molecule has 2 aromatic carbocycles. The number of thioether (sulfide) groups is 1. The van der Waals surface area contributed by atoms with Gasteiger partial charge in [-0.25, -0.2) is 9.97 Å². The summed E-state index contributed by atoms with van der Waals surface area (Å²) in [6, 6.07) is 22.2. The zero-order valence-corrected chi connectivity index (χ0v) is 21.5. The zero-order valence-electron chi connectivity index (χ0n) is 19.9. The second kappa shape index (κ2) is 12.7. The number of amides is 1. The molecule has 1 aliphatic heterocycles. The summed E-state index contributed by atoms with van der Waals surface area (Å²) in [5.74, 6) is 1.15. The first-order valence-corrected chi connectivity index (χ1v) is 13.1. The third-order valence-electron chi connectivity index (χ3n) is 5.84. The number of rotatable bonds is 9. The number of carbonyl (C=O) groups is 1. The normalized spacial score (nSPS) is 14.4. The van der Waals surface area contributed by atoms with Gasteiger partial charge in [-0.2, -0.15) is 0 Å². The number of piperazine rings is 1. The minimum atomic E-state index is 0.109. The minimum Gasteiger partial charge on any atom is -0.355 e. The van der Waals surface area contributed by atoms with Gasteiger partial charge in [0.25, 0.3) is 0 Å². The Kier molecular flexibility index (Phi) is 9.17. The third-order valence-corrected chi connectivity index (χ3v) is 6.86. The standard InChI is InChI=1S/C27H30ClN5OS/c1-31(20-23-11-6-3-7-12-23)25-19-24(28)29-27(30-25)35-21-26(34)33-17-15-32(16-18-33)14-8-13-22-9-4-2-5-10-22/h2-13,19H,14-18,20-21H2,1H3. The lowest BCUT2D eigenvalue weighted by molar-refractivity contribution is -0.130. The van der Waals surface area contributed by atoms with Crippen molar-refractivity contribution in [3.05, 3.63) is 89.1 Å². The summed E-state index contributed by atoms with van der Waals surface area (Å²) in [4.78, 5) is 28.1. The number of halogens is 1. The molecule has 0 bridgehead atoms. The van der Waals surface area contributed by atoms with Crippen molar-refractivity contribution in [2.75, 3.05) is 50.4 Å². The van der Waals surface area contributed by atoms with Gasteiger partial charge in [-0.3, -0.25) is 9.69 Å². The molecule has 1 amide bonds. The summed E-state index contributed by atoms with van der Waals surface area (Å²) < 4.78 is 0. The first-order valence-electron chi connectivity index (χ1n) is 11.7. The highest BCUT2D eigenvalue weighted by Crippen LogP contribution is 2.23. The summed E-state index contributed by atoms with van der Waals surface area (Å²) >= 11 is 7.60. The fourth-order valence-corrected chi connectivity index (χ4v) is 4.87. The van der Waals surface area contributed by atoms with E-state index in [0.717, 1.165) is 38.5 Å². The Morgan fingerprint density at radius 2 is 1.71 bits per heavy atom. The van der Waals surface area contributed by atoms with E-state index in [1.807, 2.05) is 53.2 Å². The lowest BCUT2D eigenvalue weighted by atomic mass is 10.2. The molecule has 0 radical (unpaired) electrons. The van der Waals surface area contributed by atoms with Crippen molar-refractivity contribution < 1.29 is 4.79 Å². The van der Waals surface area contributed by atoms with Gasteiger partial charge in [-0.15, -0.1) is 0 Å². The smallest absolute Gasteiger partial charge is 0.233 e. The van der Waals surface area contributed by atoms with Crippen molar-refractivity contribution in [3.63, 3.8) is 0 Å². The molecule has 1 fully saturated rings. The molecule has 3 aromatic rings. The molecular weight excluding hydrogens is 478 g/mol. The van der Waals surface area contributed by atoms with Gasteiger partial charge in [0.05, 0.1) is 5.75 Å². The molecule has 8 heteroatoms. The van der Waals surface area contributed by atoms with Gasteiger partial charge < -0.3 is 9.80 Å². The number of benzene rings is 2. The second-order valence-electron chi connectivity index (χ2n) is 8.46. The van der Waals surface area contributed by atoms with Crippen molar-refractivity contribution in [3.8, 4) is 0 Å². The van der Waals surface area contributed by atoms with Gasteiger partial charge in [-0.1, -0.05) is 96.2 Å². The van der Waals surface area contributed by atoms with Crippen molar-refractivity contribution in [2.24, 2.45) is 0 Å². The van der Waals surface area contributed by atoms with Crippen molar-refractivity contribution >= 4 is 41.2 Å².